The zero-order valence-corrected chi connectivity index (χ0v) is 11.1. The van der Waals surface area contributed by atoms with Gasteiger partial charge in [0.15, 0.2) is 5.75 Å². The molecule has 108 valence electrons. The molecule has 3 rings (SSSR count). The third-order valence-electron chi connectivity index (χ3n) is 2.92. The number of nitrogen functional groups attached to an aromatic ring is 1. The fourth-order valence-corrected chi connectivity index (χ4v) is 2.19. The molecule has 0 aliphatic carbocycles. The Labute approximate surface area is 122 Å². The molecule has 0 unspecified atom stereocenters. The van der Waals surface area contributed by atoms with Crippen LogP contribution in [0.2, 0.25) is 5.02 Å². The number of rotatable bonds is 1. The first-order chi connectivity index (χ1) is 9.88. The molecule has 0 atom stereocenters. The van der Waals surface area contributed by atoms with Crippen LogP contribution in [-0.2, 0) is 4.79 Å². The number of fused-ring (bicyclic) bond motifs is 1. The van der Waals surface area contributed by atoms with Gasteiger partial charge in [0.25, 0.3) is 0 Å². The van der Waals surface area contributed by atoms with Crippen LogP contribution < -0.4 is 15.8 Å². The lowest BCUT2D eigenvalue weighted by molar-refractivity contribution is -0.189. The topological polar surface area (TPSA) is 77.2 Å². The number of pyridine rings is 1. The molecular weight excluding hydrogens is 304 g/mol. The molecule has 0 radical (unpaired) electrons. The van der Waals surface area contributed by atoms with Crippen molar-refractivity contribution < 1.29 is 18.3 Å². The Morgan fingerprint density at radius 2 is 2.10 bits per heavy atom. The first kappa shape index (κ1) is 13.6. The van der Waals surface area contributed by atoms with Crippen LogP contribution >= 0.6 is 11.6 Å². The van der Waals surface area contributed by atoms with Gasteiger partial charge in [-0.3, -0.25) is 4.79 Å². The molecule has 0 bridgehead atoms. The Bertz CT molecular complexity index is 752. The summed E-state index contributed by atoms with van der Waals surface area (Å²) in [5, 5.41) is 2.31. The SMILES string of the molecule is Nc1cc(-c2cccc3c2OC(F)(F)C(=O)N3)c(Cl)cn1. The Morgan fingerprint density at radius 1 is 1.33 bits per heavy atom. The molecule has 8 heteroatoms. The summed E-state index contributed by atoms with van der Waals surface area (Å²) in [6.45, 7) is 0. The highest BCUT2D eigenvalue weighted by Gasteiger charge is 2.47. The van der Waals surface area contributed by atoms with Gasteiger partial charge >= 0.3 is 12.0 Å². The lowest BCUT2D eigenvalue weighted by Crippen LogP contribution is -2.43. The predicted molar refractivity (Wildman–Crippen MR) is 73.3 cm³/mol. The summed E-state index contributed by atoms with van der Waals surface area (Å²) in [5.41, 5.74) is 6.39. The van der Waals surface area contributed by atoms with E-state index in [0.29, 0.717) is 5.56 Å². The van der Waals surface area contributed by atoms with Gasteiger partial charge in [-0.2, -0.15) is 8.78 Å². The van der Waals surface area contributed by atoms with E-state index < -0.39 is 12.0 Å². The Hall–Kier alpha value is -2.41. The minimum absolute atomic E-state index is 0.134. The molecule has 2 heterocycles. The maximum absolute atomic E-state index is 13.4. The fourth-order valence-electron chi connectivity index (χ4n) is 1.99. The number of halogens is 3. The van der Waals surface area contributed by atoms with Crippen LogP contribution in [0, 0.1) is 0 Å². The van der Waals surface area contributed by atoms with Crippen molar-refractivity contribution in [2.45, 2.75) is 6.11 Å². The largest absolute Gasteiger partial charge is 0.482 e. The minimum atomic E-state index is -3.95. The van der Waals surface area contributed by atoms with Crippen molar-refractivity contribution in [3.8, 4) is 16.9 Å². The van der Waals surface area contributed by atoms with E-state index in [1.165, 1.54) is 24.4 Å². The zero-order chi connectivity index (χ0) is 15.2. The third-order valence-corrected chi connectivity index (χ3v) is 3.23. The maximum atomic E-state index is 13.4. The molecule has 0 saturated heterocycles. The molecule has 5 nitrogen and oxygen atoms in total. The summed E-state index contributed by atoms with van der Waals surface area (Å²) in [6.07, 6.45) is -2.64. The number of hydrogen-bond donors (Lipinski definition) is 2. The van der Waals surface area contributed by atoms with Crippen LogP contribution in [0.1, 0.15) is 0 Å². The van der Waals surface area contributed by atoms with E-state index >= 15 is 0 Å². The summed E-state index contributed by atoms with van der Waals surface area (Å²) in [6, 6.07) is 6.00. The summed E-state index contributed by atoms with van der Waals surface area (Å²) in [4.78, 5) is 15.0. The molecule has 1 aromatic carbocycles. The van der Waals surface area contributed by atoms with Crippen LogP contribution in [0.3, 0.4) is 0 Å². The summed E-state index contributed by atoms with van der Waals surface area (Å²) >= 11 is 6.02. The summed E-state index contributed by atoms with van der Waals surface area (Å²) < 4.78 is 31.4. The normalized spacial score (nSPS) is 15.9. The van der Waals surface area contributed by atoms with Gasteiger partial charge in [-0.15, -0.1) is 0 Å². The Kier molecular flexibility index (Phi) is 2.94. The molecule has 1 aliphatic heterocycles. The smallest absolute Gasteiger partial charge is 0.422 e. The van der Waals surface area contributed by atoms with Gasteiger partial charge in [0.05, 0.1) is 10.7 Å². The minimum Gasteiger partial charge on any atom is -0.422 e. The van der Waals surface area contributed by atoms with Crippen molar-refractivity contribution in [3.63, 3.8) is 0 Å². The molecule has 0 spiro atoms. The van der Waals surface area contributed by atoms with Crippen molar-refractivity contribution in [1.82, 2.24) is 4.98 Å². The molecular formula is C13H8ClF2N3O2. The van der Waals surface area contributed by atoms with Gasteiger partial charge in [0, 0.05) is 17.3 Å². The predicted octanol–water partition coefficient (Wildman–Crippen LogP) is 2.91. The summed E-state index contributed by atoms with van der Waals surface area (Å²) in [7, 11) is 0. The number of carbonyl (C=O) groups excluding carboxylic acids is 1. The number of ether oxygens (including phenoxy) is 1. The number of amides is 1. The number of nitrogens with zero attached hydrogens (tertiary/aromatic N) is 1. The average molecular weight is 312 g/mol. The maximum Gasteiger partial charge on any atom is 0.482 e. The molecule has 2 aromatic rings. The molecule has 1 aliphatic rings. The van der Waals surface area contributed by atoms with Gasteiger partial charge in [0.1, 0.15) is 5.82 Å². The zero-order valence-electron chi connectivity index (χ0n) is 10.4. The van der Waals surface area contributed by atoms with Crippen LogP contribution in [0.5, 0.6) is 5.75 Å². The highest BCUT2D eigenvalue weighted by atomic mass is 35.5. The van der Waals surface area contributed by atoms with E-state index in [4.69, 9.17) is 17.3 Å². The number of alkyl halides is 2. The first-order valence-electron chi connectivity index (χ1n) is 5.81. The van der Waals surface area contributed by atoms with Crippen LogP contribution in [0.25, 0.3) is 11.1 Å². The van der Waals surface area contributed by atoms with E-state index in [1.54, 1.807) is 6.07 Å². The Morgan fingerprint density at radius 3 is 2.86 bits per heavy atom. The highest BCUT2D eigenvalue weighted by Crippen LogP contribution is 2.44. The molecule has 1 amide bonds. The fraction of sp³-hybridized carbons (Fsp3) is 0.0769. The highest BCUT2D eigenvalue weighted by molar-refractivity contribution is 6.33. The van der Waals surface area contributed by atoms with E-state index in [-0.39, 0.29) is 27.8 Å². The number of anilines is 2. The van der Waals surface area contributed by atoms with Crippen molar-refractivity contribution in [2.75, 3.05) is 11.1 Å². The van der Waals surface area contributed by atoms with Gasteiger partial charge < -0.3 is 15.8 Å². The number of hydrogen-bond acceptors (Lipinski definition) is 4. The van der Waals surface area contributed by atoms with Gasteiger partial charge in [-0.05, 0) is 12.1 Å². The van der Waals surface area contributed by atoms with Crippen molar-refractivity contribution >= 4 is 29.0 Å². The van der Waals surface area contributed by atoms with E-state index in [0.717, 1.165) is 0 Å². The average Bonchev–Trinajstić information content (AvgIpc) is 2.42. The second-order valence-electron chi connectivity index (χ2n) is 4.34. The van der Waals surface area contributed by atoms with Crippen LogP contribution in [-0.4, -0.2) is 17.0 Å². The second kappa shape index (κ2) is 4.56. The van der Waals surface area contributed by atoms with Gasteiger partial charge in [0.2, 0.25) is 0 Å². The van der Waals surface area contributed by atoms with Gasteiger partial charge in [-0.1, -0.05) is 23.7 Å². The van der Waals surface area contributed by atoms with E-state index in [2.05, 4.69) is 15.0 Å². The first-order valence-corrected chi connectivity index (χ1v) is 6.19. The molecule has 0 saturated carbocycles. The lowest BCUT2D eigenvalue weighted by atomic mass is 10.0. The Balaban J connectivity index is 2.20. The number of carbonyl (C=O) groups is 1. The molecule has 1 aromatic heterocycles. The second-order valence-corrected chi connectivity index (χ2v) is 4.75. The number of nitrogens with two attached hydrogens (primary N) is 1. The standard InChI is InChI=1S/C13H8ClF2N3O2/c14-8-5-18-10(17)4-7(8)6-2-1-3-9-11(6)21-13(15,16)12(20)19-9/h1-5H,(H2,17,18)(H,19,20). The van der Waals surface area contributed by atoms with Crippen molar-refractivity contribution in [1.29, 1.82) is 0 Å². The lowest BCUT2D eigenvalue weighted by Gasteiger charge is -2.26. The monoisotopic (exact) mass is 311 g/mol. The van der Waals surface area contributed by atoms with E-state index in [1.807, 2.05) is 0 Å². The van der Waals surface area contributed by atoms with Gasteiger partial charge in [-0.25, -0.2) is 4.98 Å². The number of nitrogens with one attached hydrogen (secondary N) is 1. The van der Waals surface area contributed by atoms with Crippen LogP contribution in [0.4, 0.5) is 20.3 Å². The quantitative estimate of drug-likeness (QED) is 0.849. The van der Waals surface area contributed by atoms with Crippen LogP contribution in [0.15, 0.2) is 30.5 Å². The third kappa shape index (κ3) is 2.25. The molecule has 21 heavy (non-hydrogen) atoms. The number of aromatic nitrogens is 1. The number of benzene rings is 1. The van der Waals surface area contributed by atoms with E-state index in [9.17, 15) is 13.6 Å². The number of para-hydroxylation sites is 1. The molecule has 0 fully saturated rings. The van der Waals surface area contributed by atoms with Crippen molar-refractivity contribution in [2.24, 2.45) is 0 Å². The van der Waals surface area contributed by atoms with Crippen molar-refractivity contribution in [3.05, 3.63) is 35.5 Å². The summed E-state index contributed by atoms with van der Waals surface area (Å²) in [5.74, 6) is -1.51. The molecule has 3 N–H and O–H groups in total.